The summed E-state index contributed by atoms with van der Waals surface area (Å²) in [5.41, 5.74) is 6.24. The number of amides is 1. The summed E-state index contributed by atoms with van der Waals surface area (Å²) in [6.07, 6.45) is -2.04. The molecular formula is C24H17F4N7O. The normalized spacial score (nSPS) is 11.6. The number of primary amides is 1. The zero-order chi connectivity index (χ0) is 25.7. The maximum absolute atomic E-state index is 14.3. The van der Waals surface area contributed by atoms with Crippen LogP contribution in [0, 0.1) is 5.82 Å². The van der Waals surface area contributed by atoms with Crippen LogP contribution in [0.2, 0.25) is 0 Å². The molecule has 0 saturated carbocycles. The molecule has 0 saturated heterocycles. The van der Waals surface area contributed by atoms with Crippen molar-refractivity contribution in [1.82, 2.24) is 15.0 Å². The lowest BCUT2D eigenvalue weighted by molar-refractivity contribution is -0.137. The van der Waals surface area contributed by atoms with Crippen molar-refractivity contribution in [3.63, 3.8) is 0 Å². The molecule has 2 aromatic heterocycles. The number of pyridine rings is 1. The van der Waals surface area contributed by atoms with Crippen molar-refractivity contribution in [2.45, 2.75) is 12.7 Å². The van der Waals surface area contributed by atoms with E-state index in [1.54, 1.807) is 24.3 Å². The molecule has 1 amide bonds. The van der Waals surface area contributed by atoms with E-state index in [0.29, 0.717) is 16.9 Å². The van der Waals surface area contributed by atoms with Gasteiger partial charge < -0.3 is 11.1 Å². The van der Waals surface area contributed by atoms with Crippen molar-refractivity contribution >= 4 is 23.2 Å². The first-order valence-electron chi connectivity index (χ1n) is 10.4. The summed E-state index contributed by atoms with van der Waals surface area (Å²) in [6, 6.07) is 14.1. The number of hydrogen-bond donors (Lipinski definition) is 2. The smallest absolute Gasteiger partial charge is 0.366 e. The van der Waals surface area contributed by atoms with Gasteiger partial charge in [-0.15, -0.1) is 5.11 Å². The highest BCUT2D eigenvalue weighted by molar-refractivity contribution is 5.94. The van der Waals surface area contributed by atoms with E-state index in [0.717, 1.165) is 18.3 Å². The van der Waals surface area contributed by atoms with Gasteiger partial charge in [0.2, 0.25) is 5.91 Å². The van der Waals surface area contributed by atoms with Crippen LogP contribution >= 0.6 is 0 Å². The number of nitrogens with two attached hydrogens (primary N) is 1. The maximum atomic E-state index is 14.3. The highest BCUT2D eigenvalue weighted by atomic mass is 19.4. The standard InChI is InChI=1S/C24H17F4N7O/c25-20-13-31-23(34-21(20)14-3-1-4-15(9-14)22(29)36)35-32-12-18-7-8-19(11-30-18)33-17-6-2-5-16(10-17)24(26,27)28/h1-11,13,33H,12H2,(H2,29,36). The minimum Gasteiger partial charge on any atom is -0.366 e. The van der Waals surface area contributed by atoms with Crippen LogP contribution in [-0.4, -0.2) is 20.9 Å². The average Bonchev–Trinajstić information content (AvgIpc) is 2.86. The van der Waals surface area contributed by atoms with Gasteiger partial charge in [-0.25, -0.2) is 14.4 Å². The Hall–Kier alpha value is -4.74. The van der Waals surface area contributed by atoms with Crippen LogP contribution in [0.4, 0.5) is 34.9 Å². The number of carbonyl (C=O) groups is 1. The van der Waals surface area contributed by atoms with Crippen LogP contribution < -0.4 is 11.1 Å². The topological polar surface area (TPSA) is 119 Å². The summed E-state index contributed by atoms with van der Waals surface area (Å²) in [6.45, 7) is 0.0526. The van der Waals surface area contributed by atoms with Gasteiger partial charge in [0.1, 0.15) is 12.2 Å². The molecule has 0 radical (unpaired) electrons. The van der Waals surface area contributed by atoms with E-state index in [1.165, 1.54) is 30.5 Å². The molecule has 0 spiro atoms. The van der Waals surface area contributed by atoms with Crippen LogP contribution in [0.1, 0.15) is 21.6 Å². The van der Waals surface area contributed by atoms with Crippen LogP contribution in [0.15, 0.2) is 83.3 Å². The summed E-state index contributed by atoms with van der Waals surface area (Å²) >= 11 is 0. The van der Waals surface area contributed by atoms with Gasteiger partial charge in [0, 0.05) is 16.8 Å². The molecule has 0 aliphatic heterocycles. The van der Waals surface area contributed by atoms with Crippen LogP contribution in [-0.2, 0) is 12.7 Å². The quantitative estimate of drug-likeness (QED) is 0.247. The molecular weight excluding hydrogens is 478 g/mol. The second kappa shape index (κ2) is 10.3. The van der Waals surface area contributed by atoms with E-state index in [2.05, 4.69) is 30.5 Å². The van der Waals surface area contributed by atoms with Crippen molar-refractivity contribution in [3.05, 3.63) is 95.7 Å². The number of azo groups is 1. The molecule has 4 aromatic rings. The second-order valence-corrected chi connectivity index (χ2v) is 7.45. The van der Waals surface area contributed by atoms with Crippen molar-refractivity contribution in [1.29, 1.82) is 0 Å². The molecule has 0 fully saturated rings. The SMILES string of the molecule is NC(=O)c1cccc(-c2nc(N=NCc3ccc(Nc4cccc(C(F)(F)F)c4)cn3)ncc2F)c1. The largest absolute Gasteiger partial charge is 0.416 e. The third-order valence-electron chi connectivity index (χ3n) is 4.85. The first-order chi connectivity index (χ1) is 17.2. The van der Waals surface area contributed by atoms with Crippen molar-refractivity contribution in [2.75, 3.05) is 5.32 Å². The third kappa shape index (κ3) is 6.03. The summed E-state index contributed by atoms with van der Waals surface area (Å²) in [5, 5.41) is 10.7. The van der Waals surface area contributed by atoms with E-state index in [1.807, 2.05) is 0 Å². The Kier molecular flexibility index (Phi) is 6.95. The Morgan fingerprint density at radius 2 is 1.78 bits per heavy atom. The van der Waals surface area contributed by atoms with Gasteiger partial charge in [-0.2, -0.15) is 18.3 Å². The molecule has 0 unspecified atom stereocenters. The lowest BCUT2D eigenvalue weighted by Crippen LogP contribution is -2.10. The molecule has 36 heavy (non-hydrogen) atoms. The number of hydrogen-bond acceptors (Lipinski definition) is 7. The number of halogens is 4. The minimum absolute atomic E-state index is 0.0526. The Balaban J connectivity index is 1.42. The van der Waals surface area contributed by atoms with Gasteiger partial charge >= 0.3 is 6.18 Å². The maximum Gasteiger partial charge on any atom is 0.416 e. The van der Waals surface area contributed by atoms with E-state index in [4.69, 9.17) is 5.73 Å². The number of nitrogens with one attached hydrogen (secondary N) is 1. The Bertz CT molecular complexity index is 1420. The van der Waals surface area contributed by atoms with E-state index < -0.39 is 23.5 Å². The van der Waals surface area contributed by atoms with Gasteiger partial charge in [-0.1, -0.05) is 18.2 Å². The Morgan fingerprint density at radius 1 is 0.972 bits per heavy atom. The van der Waals surface area contributed by atoms with Crippen LogP contribution in [0.3, 0.4) is 0 Å². The molecule has 0 aliphatic rings. The zero-order valence-corrected chi connectivity index (χ0v) is 18.4. The lowest BCUT2D eigenvalue weighted by Gasteiger charge is -2.10. The number of nitrogens with zero attached hydrogens (tertiary/aromatic N) is 5. The predicted molar refractivity (Wildman–Crippen MR) is 123 cm³/mol. The molecule has 182 valence electrons. The molecule has 8 nitrogen and oxygen atoms in total. The Morgan fingerprint density at radius 3 is 2.50 bits per heavy atom. The fourth-order valence-corrected chi connectivity index (χ4v) is 3.13. The zero-order valence-electron chi connectivity index (χ0n) is 18.4. The van der Waals surface area contributed by atoms with Crippen molar-refractivity contribution in [3.8, 4) is 11.3 Å². The van der Waals surface area contributed by atoms with E-state index in [-0.39, 0.29) is 29.4 Å². The lowest BCUT2D eigenvalue weighted by atomic mass is 10.1. The highest BCUT2D eigenvalue weighted by Gasteiger charge is 2.30. The van der Waals surface area contributed by atoms with Gasteiger partial charge in [0.25, 0.3) is 5.95 Å². The molecule has 0 bridgehead atoms. The molecule has 0 aliphatic carbocycles. The molecule has 0 atom stereocenters. The third-order valence-corrected chi connectivity index (χ3v) is 4.85. The molecule has 4 rings (SSSR count). The fourth-order valence-electron chi connectivity index (χ4n) is 3.13. The first kappa shape index (κ1) is 24.4. The molecule has 12 heteroatoms. The fraction of sp³-hybridized carbons (Fsp3) is 0.0833. The number of benzene rings is 2. The van der Waals surface area contributed by atoms with Gasteiger partial charge in [-0.3, -0.25) is 9.78 Å². The van der Waals surface area contributed by atoms with Crippen molar-refractivity contribution < 1.29 is 22.4 Å². The molecule has 2 heterocycles. The predicted octanol–water partition coefficient (Wildman–Crippen LogP) is 5.82. The summed E-state index contributed by atoms with van der Waals surface area (Å²) in [5.74, 6) is -1.46. The number of aromatic nitrogens is 3. The molecule has 3 N–H and O–H groups in total. The van der Waals surface area contributed by atoms with Gasteiger partial charge in [0.15, 0.2) is 5.82 Å². The van der Waals surface area contributed by atoms with Gasteiger partial charge in [-0.05, 0) is 42.5 Å². The number of carbonyl (C=O) groups excluding carboxylic acids is 1. The Labute approximate surface area is 202 Å². The monoisotopic (exact) mass is 495 g/mol. The van der Waals surface area contributed by atoms with Crippen LogP contribution in [0.25, 0.3) is 11.3 Å². The van der Waals surface area contributed by atoms with E-state index in [9.17, 15) is 22.4 Å². The second-order valence-electron chi connectivity index (χ2n) is 7.45. The summed E-state index contributed by atoms with van der Waals surface area (Å²) in [4.78, 5) is 23.4. The number of alkyl halides is 3. The van der Waals surface area contributed by atoms with Crippen molar-refractivity contribution in [2.24, 2.45) is 16.0 Å². The molecule has 2 aromatic carbocycles. The van der Waals surface area contributed by atoms with E-state index >= 15 is 0 Å². The van der Waals surface area contributed by atoms with Crippen LogP contribution in [0.5, 0.6) is 0 Å². The number of rotatable bonds is 7. The first-order valence-corrected chi connectivity index (χ1v) is 10.4. The van der Waals surface area contributed by atoms with Gasteiger partial charge in [0.05, 0.1) is 29.3 Å². The average molecular weight is 495 g/mol. The summed E-state index contributed by atoms with van der Waals surface area (Å²) in [7, 11) is 0. The number of anilines is 2. The highest BCUT2D eigenvalue weighted by Crippen LogP contribution is 2.31. The summed E-state index contributed by atoms with van der Waals surface area (Å²) < 4.78 is 52.9. The minimum atomic E-state index is -4.44.